The Morgan fingerprint density at radius 3 is 2.93 bits per heavy atom. The molecular weight excluding hydrogens is 242 g/mol. The summed E-state index contributed by atoms with van der Waals surface area (Å²) in [5, 5.41) is 0. The molecule has 0 fully saturated rings. The minimum atomic E-state index is 0.322. The summed E-state index contributed by atoms with van der Waals surface area (Å²) in [6, 6.07) is 4.57. The van der Waals surface area contributed by atoms with E-state index in [4.69, 9.17) is 10.5 Å². The fourth-order valence-corrected chi connectivity index (χ4v) is 2.49. The van der Waals surface area contributed by atoms with Crippen LogP contribution in [0.5, 0.6) is 5.75 Å². The highest BCUT2D eigenvalue weighted by molar-refractivity contribution is 9.10. The lowest BCUT2D eigenvalue weighted by molar-refractivity contribution is 0.410. The summed E-state index contributed by atoms with van der Waals surface area (Å²) in [6.45, 7) is 0. The normalized spacial score (nSPS) is 20.4. The lowest BCUT2D eigenvalue weighted by atomic mass is 9.89. The molecule has 1 aliphatic rings. The second-order valence-electron chi connectivity index (χ2n) is 3.76. The number of aryl methyl sites for hydroxylation is 1. The summed E-state index contributed by atoms with van der Waals surface area (Å²) < 4.78 is 6.28. The van der Waals surface area contributed by atoms with Crippen LogP contribution in [0.15, 0.2) is 16.6 Å². The van der Waals surface area contributed by atoms with Crippen molar-refractivity contribution in [3.8, 4) is 5.75 Å². The van der Waals surface area contributed by atoms with Gasteiger partial charge in [-0.05, 0) is 58.5 Å². The Morgan fingerprint density at radius 1 is 1.43 bits per heavy atom. The third-order valence-corrected chi connectivity index (χ3v) is 3.36. The molecule has 0 amide bonds. The van der Waals surface area contributed by atoms with Crippen LogP contribution in [0.3, 0.4) is 0 Å². The average Bonchev–Trinajstić information content (AvgIpc) is 2.16. The summed E-state index contributed by atoms with van der Waals surface area (Å²) in [5.41, 5.74) is 8.66. The van der Waals surface area contributed by atoms with Crippen LogP contribution in [-0.2, 0) is 12.8 Å². The van der Waals surface area contributed by atoms with Gasteiger partial charge in [-0.1, -0.05) is 0 Å². The van der Waals surface area contributed by atoms with E-state index in [1.54, 1.807) is 7.11 Å². The predicted octanol–water partition coefficient (Wildman–Crippen LogP) is 2.27. The molecule has 0 aliphatic heterocycles. The molecule has 0 saturated heterocycles. The van der Waals surface area contributed by atoms with E-state index in [0.717, 1.165) is 29.5 Å². The van der Waals surface area contributed by atoms with Crippen LogP contribution in [0.4, 0.5) is 0 Å². The summed E-state index contributed by atoms with van der Waals surface area (Å²) in [7, 11) is 1.70. The molecule has 1 aromatic rings. The van der Waals surface area contributed by atoms with Crippen molar-refractivity contribution in [2.24, 2.45) is 5.73 Å². The molecule has 2 N–H and O–H groups in total. The van der Waals surface area contributed by atoms with E-state index in [2.05, 4.69) is 28.1 Å². The van der Waals surface area contributed by atoms with Gasteiger partial charge < -0.3 is 10.5 Å². The number of fused-ring (bicyclic) bond motifs is 1. The van der Waals surface area contributed by atoms with E-state index >= 15 is 0 Å². The molecule has 0 heterocycles. The summed E-state index contributed by atoms with van der Waals surface area (Å²) in [5.74, 6) is 0.916. The summed E-state index contributed by atoms with van der Waals surface area (Å²) in [4.78, 5) is 0. The van der Waals surface area contributed by atoms with Gasteiger partial charge in [-0.15, -0.1) is 0 Å². The highest BCUT2D eigenvalue weighted by Crippen LogP contribution is 2.32. The Bertz CT molecular complexity index is 351. The Morgan fingerprint density at radius 2 is 2.21 bits per heavy atom. The van der Waals surface area contributed by atoms with E-state index in [9.17, 15) is 0 Å². The van der Waals surface area contributed by atoms with Crippen molar-refractivity contribution in [1.82, 2.24) is 0 Å². The first-order valence-electron chi connectivity index (χ1n) is 4.81. The van der Waals surface area contributed by atoms with Crippen molar-refractivity contribution in [3.05, 3.63) is 27.7 Å². The number of halogens is 1. The molecule has 0 spiro atoms. The van der Waals surface area contributed by atoms with Gasteiger partial charge in [0.1, 0.15) is 5.75 Å². The molecule has 0 aromatic heterocycles. The fourth-order valence-electron chi connectivity index (χ4n) is 1.94. The van der Waals surface area contributed by atoms with Gasteiger partial charge >= 0.3 is 0 Å². The molecule has 3 heteroatoms. The number of methoxy groups -OCH3 is 1. The Kier molecular flexibility index (Phi) is 2.79. The maximum atomic E-state index is 5.92. The number of ether oxygens (including phenoxy) is 1. The number of hydrogen-bond donors (Lipinski definition) is 1. The van der Waals surface area contributed by atoms with Gasteiger partial charge in [0.25, 0.3) is 0 Å². The monoisotopic (exact) mass is 255 g/mol. The first-order chi connectivity index (χ1) is 6.70. The Hall–Kier alpha value is -0.540. The Labute approximate surface area is 92.6 Å². The van der Waals surface area contributed by atoms with Crippen molar-refractivity contribution in [2.45, 2.75) is 25.3 Å². The van der Waals surface area contributed by atoms with Gasteiger partial charge in [0, 0.05) is 6.04 Å². The van der Waals surface area contributed by atoms with E-state index in [0.29, 0.717) is 6.04 Å². The average molecular weight is 256 g/mol. The molecule has 2 rings (SSSR count). The van der Waals surface area contributed by atoms with Gasteiger partial charge in [-0.2, -0.15) is 0 Å². The van der Waals surface area contributed by atoms with Gasteiger partial charge in [0.15, 0.2) is 0 Å². The first kappa shape index (κ1) is 9.99. The second kappa shape index (κ2) is 3.91. The smallest absolute Gasteiger partial charge is 0.133 e. The maximum Gasteiger partial charge on any atom is 0.133 e. The predicted molar refractivity (Wildman–Crippen MR) is 60.7 cm³/mol. The van der Waals surface area contributed by atoms with Crippen LogP contribution < -0.4 is 10.5 Å². The molecule has 76 valence electrons. The molecule has 1 atom stereocenters. The fraction of sp³-hybridized carbons (Fsp3) is 0.455. The SMILES string of the molecule is COc1cc2c(cc1Br)C[C@@H](N)CC2. The zero-order valence-corrected chi connectivity index (χ0v) is 9.80. The van der Waals surface area contributed by atoms with Gasteiger partial charge in [0.2, 0.25) is 0 Å². The third-order valence-electron chi connectivity index (χ3n) is 2.74. The molecule has 0 saturated carbocycles. The van der Waals surface area contributed by atoms with Crippen LogP contribution in [0.25, 0.3) is 0 Å². The van der Waals surface area contributed by atoms with Crippen LogP contribution in [0, 0.1) is 0 Å². The molecule has 0 bridgehead atoms. The minimum Gasteiger partial charge on any atom is -0.496 e. The highest BCUT2D eigenvalue weighted by Gasteiger charge is 2.17. The lowest BCUT2D eigenvalue weighted by Gasteiger charge is -2.22. The van der Waals surface area contributed by atoms with Crippen LogP contribution in [-0.4, -0.2) is 13.2 Å². The molecule has 2 nitrogen and oxygen atoms in total. The summed E-state index contributed by atoms with van der Waals surface area (Å²) >= 11 is 3.49. The lowest BCUT2D eigenvalue weighted by Crippen LogP contribution is -2.27. The van der Waals surface area contributed by atoms with Gasteiger partial charge in [0.05, 0.1) is 11.6 Å². The van der Waals surface area contributed by atoms with Gasteiger partial charge in [-0.25, -0.2) is 0 Å². The number of rotatable bonds is 1. The molecular formula is C11H14BrNO. The number of benzene rings is 1. The molecule has 1 aliphatic carbocycles. The molecule has 1 aromatic carbocycles. The Balaban J connectivity index is 2.40. The van der Waals surface area contributed by atoms with E-state index in [1.807, 2.05) is 0 Å². The second-order valence-corrected chi connectivity index (χ2v) is 4.61. The van der Waals surface area contributed by atoms with Crippen LogP contribution >= 0.6 is 15.9 Å². The van der Waals surface area contributed by atoms with Crippen molar-refractivity contribution in [2.75, 3.05) is 7.11 Å². The number of hydrogen-bond acceptors (Lipinski definition) is 2. The summed E-state index contributed by atoms with van der Waals surface area (Å²) in [6.07, 6.45) is 3.13. The minimum absolute atomic E-state index is 0.322. The van der Waals surface area contributed by atoms with Crippen molar-refractivity contribution in [3.63, 3.8) is 0 Å². The quantitative estimate of drug-likeness (QED) is 0.836. The van der Waals surface area contributed by atoms with Crippen molar-refractivity contribution < 1.29 is 4.74 Å². The van der Waals surface area contributed by atoms with Crippen molar-refractivity contribution >= 4 is 15.9 Å². The van der Waals surface area contributed by atoms with Crippen LogP contribution in [0.1, 0.15) is 17.5 Å². The highest BCUT2D eigenvalue weighted by atomic mass is 79.9. The molecule has 0 radical (unpaired) electrons. The first-order valence-corrected chi connectivity index (χ1v) is 5.61. The zero-order chi connectivity index (χ0) is 10.1. The van der Waals surface area contributed by atoms with Gasteiger partial charge in [-0.3, -0.25) is 0 Å². The standard InChI is InChI=1S/C11H14BrNO/c1-14-11-6-7-2-3-9(13)4-8(7)5-10(11)12/h5-6,9H,2-4,13H2,1H3/t9-/m0/s1. The van der Waals surface area contributed by atoms with Crippen LogP contribution in [0.2, 0.25) is 0 Å². The number of nitrogens with two attached hydrogens (primary N) is 1. The molecule has 0 unspecified atom stereocenters. The van der Waals surface area contributed by atoms with E-state index < -0.39 is 0 Å². The zero-order valence-electron chi connectivity index (χ0n) is 8.22. The van der Waals surface area contributed by atoms with E-state index in [-0.39, 0.29) is 0 Å². The van der Waals surface area contributed by atoms with Crippen molar-refractivity contribution in [1.29, 1.82) is 0 Å². The maximum absolute atomic E-state index is 5.92. The third kappa shape index (κ3) is 1.79. The largest absolute Gasteiger partial charge is 0.496 e. The topological polar surface area (TPSA) is 35.2 Å². The van der Waals surface area contributed by atoms with E-state index in [1.165, 1.54) is 11.1 Å². The molecule has 14 heavy (non-hydrogen) atoms.